The molecule has 0 aliphatic rings. The first kappa shape index (κ1) is 8.88. The summed E-state index contributed by atoms with van der Waals surface area (Å²) in [6, 6.07) is 0.0509. The Kier molecular flexibility index (Phi) is 4.67. The van der Waals surface area contributed by atoms with E-state index in [-0.39, 0.29) is 18.8 Å². The van der Waals surface area contributed by atoms with E-state index in [1.54, 1.807) is 14.2 Å². The van der Waals surface area contributed by atoms with Gasteiger partial charge in [0.1, 0.15) is 0 Å². The fraction of sp³-hybridized carbons (Fsp3) is 1.00. The lowest BCUT2D eigenvalue weighted by atomic mass is 10.2. The third kappa shape index (κ3) is 2.79. The lowest BCUT2D eigenvalue weighted by Crippen LogP contribution is -2.39. The number of nitrogens with one attached hydrogen (secondary N) is 1. The Morgan fingerprint density at radius 2 is 2.22 bits per heavy atom. The Hall–Kier alpha value is -0.120. The van der Waals surface area contributed by atoms with Gasteiger partial charge in [-0.1, -0.05) is 0 Å². The second kappa shape index (κ2) is 4.73. The van der Waals surface area contributed by atoms with Crippen LogP contribution in [0.5, 0.6) is 0 Å². The van der Waals surface area contributed by atoms with Gasteiger partial charge in [-0.15, -0.1) is 0 Å². The number of ether oxygens (including phenoxy) is 1. The molecule has 0 radical (unpaired) electrons. The molecule has 0 spiro atoms. The summed E-state index contributed by atoms with van der Waals surface area (Å²) in [5.41, 5.74) is 0. The predicted octanol–water partition coefficient (Wildman–Crippen LogP) is -0.398. The molecule has 0 amide bonds. The summed E-state index contributed by atoms with van der Waals surface area (Å²) >= 11 is 0. The molecule has 3 nitrogen and oxygen atoms in total. The first-order valence-electron chi connectivity index (χ1n) is 3.07. The average Bonchev–Trinajstić information content (AvgIpc) is 1.90. The van der Waals surface area contributed by atoms with Crippen molar-refractivity contribution < 1.29 is 9.84 Å². The molecule has 9 heavy (non-hydrogen) atoms. The van der Waals surface area contributed by atoms with Crippen LogP contribution < -0.4 is 5.32 Å². The minimum absolute atomic E-state index is 0.0509. The topological polar surface area (TPSA) is 41.5 Å². The van der Waals surface area contributed by atoms with Crippen molar-refractivity contribution in [2.45, 2.75) is 19.1 Å². The summed E-state index contributed by atoms with van der Waals surface area (Å²) in [6.45, 7) is 2.03. The largest absolute Gasteiger partial charge is 0.395 e. The molecule has 0 saturated heterocycles. The highest BCUT2D eigenvalue weighted by atomic mass is 16.5. The molecule has 0 bridgehead atoms. The van der Waals surface area contributed by atoms with Crippen molar-refractivity contribution in [3.63, 3.8) is 0 Å². The van der Waals surface area contributed by atoms with Crippen LogP contribution in [0.4, 0.5) is 0 Å². The number of hydrogen-bond donors (Lipinski definition) is 2. The molecular formula is C6H15NO2. The minimum Gasteiger partial charge on any atom is -0.395 e. The number of methoxy groups -OCH3 is 1. The quantitative estimate of drug-likeness (QED) is 0.548. The van der Waals surface area contributed by atoms with Gasteiger partial charge in [0.15, 0.2) is 0 Å². The minimum atomic E-state index is 0.0509. The zero-order valence-corrected chi connectivity index (χ0v) is 6.22. The van der Waals surface area contributed by atoms with Gasteiger partial charge in [-0.25, -0.2) is 0 Å². The number of rotatable bonds is 4. The number of hydrogen-bond acceptors (Lipinski definition) is 3. The van der Waals surface area contributed by atoms with Gasteiger partial charge in [0.2, 0.25) is 0 Å². The second-order valence-corrected chi connectivity index (χ2v) is 2.02. The molecular weight excluding hydrogens is 118 g/mol. The van der Waals surface area contributed by atoms with Crippen LogP contribution in [0, 0.1) is 0 Å². The van der Waals surface area contributed by atoms with Crippen molar-refractivity contribution in [3.05, 3.63) is 0 Å². The van der Waals surface area contributed by atoms with Crippen LogP contribution >= 0.6 is 0 Å². The summed E-state index contributed by atoms with van der Waals surface area (Å²) in [4.78, 5) is 0. The zero-order valence-electron chi connectivity index (χ0n) is 6.22. The fourth-order valence-electron chi connectivity index (χ4n) is 0.639. The van der Waals surface area contributed by atoms with Crippen LogP contribution in [0.2, 0.25) is 0 Å². The third-order valence-corrected chi connectivity index (χ3v) is 1.51. The molecule has 2 N–H and O–H groups in total. The maximum atomic E-state index is 8.69. The zero-order chi connectivity index (χ0) is 7.28. The second-order valence-electron chi connectivity index (χ2n) is 2.02. The Bertz CT molecular complexity index is 64.1. The highest BCUT2D eigenvalue weighted by Crippen LogP contribution is 1.94. The lowest BCUT2D eigenvalue weighted by Gasteiger charge is -2.19. The molecule has 0 saturated carbocycles. The SMILES string of the molecule is CN[C@H](CO)[C@@H](C)OC. The Balaban J connectivity index is 3.50. The van der Waals surface area contributed by atoms with E-state index >= 15 is 0 Å². The Morgan fingerprint density at radius 3 is 2.33 bits per heavy atom. The van der Waals surface area contributed by atoms with Gasteiger partial charge in [0.05, 0.1) is 18.8 Å². The maximum absolute atomic E-state index is 8.69. The van der Waals surface area contributed by atoms with Crippen molar-refractivity contribution in [1.82, 2.24) is 5.32 Å². The molecule has 2 atom stereocenters. The fourth-order valence-corrected chi connectivity index (χ4v) is 0.639. The van der Waals surface area contributed by atoms with Crippen molar-refractivity contribution in [2.75, 3.05) is 20.8 Å². The van der Waals surface area contributed by atoms with E-state index in [0.29, 0.717) is 0 Å². The van der Waals surface area contributed by atoms with Crippen molar-refractivity contribution in [1.29, 1.82) is 0 Å². The van der Waals surface area contributed by atoms with E-state index in [1.807, 2.05) is 6.92 Å². The van der Waals surface area contributed by atoms with Gasteiger partial charge in [-0.05, 0) is 14.0 Å². The van der Waals surface area contributed by atoms with Crippen LogP contribution in [0.15, 0.2) is 0 Å². The van der Waals surface area contributed by atoms with Crippen LogP contribution in [0.25, 0.3) is 0 Å². The van der Waals surface area contributed by atoms with E-state index in [1.165, 1.54) is 0 Å². The molecule has 0 rings (SSSR count). The Morgan fingerprint density at radius 1 is 1.67 bits per heavy atom. The van der Waals surface area contributed by atoms with Crippen LogP contribution in [0.3, 0.4) is 0 Å². The van der Waals surface area contributed by atoms with Gasteiger partial charge >= 0.3 is 0 Å². The van der Waals surface area contributed by atoms with Crippen LogP contribution in [-0.2, 0) is 4.74 Å². The van der Waals surface area contributed by atoms with Crippen molar-refractivity contribution in [2.24, 2.45) is 0 Å². The molecule has 0 aliphatic carbocycles. The highest BCUT2D eigenvalue weighted by molar-refractivity contribution is 4.69. The summed E-state index contributed by atoms with van der Waals surface area (Å²) in [7, 11) is 3.43. The summed E-state index contributed by atoms with van der Waals surface area (Å²) in [5.74, 6) is 0. The smallest absolute Gasteiger partial charge is 0.0718 e. The van der Waals surface area contributed by atoms with Crippen LogP contribution in [0.1, 0.15) is 6.92 Å². The number of aliphatic hydroxyl groups is 1. The summed E-state index contributed by atoms with van der Waals surface area (Å²) in [6.07, 6.45) is 0.0694. The maximum Gasteiger partial charge on any atom is 0.0718 e. The Labute approximate surface area is 56.0 Å². The first-order chi connectivity index (χ1) is 4.26. The predicted molar refractivity (Wildman–Crippen MR) is 36.4 cm³/mol. The van der Waals surface area contributed by atoms with E-state index in [0.717, 1.165) is 0 Å². The molecule has 0 fully saturated rings. The van der Waals surface area contributed by atoms with Crippen molar-refractivity contribution >= 4 is 0 Å². The van der Waals surface area contributed by atoms with Gasteiger partial charge in [-0.3, -0.25) is 0 Å². The number of likely N-dealkylation sites (N-methyl/N-ethyl adjacent to an activating group) is 1. The normalized spacial score (nSPS) is 17.3. The molecule has 3 heteroatoms. The first-order valence-corrected chi connectivity index (χ1v) is 3.07. The van der Waals surface area contributed by atoms with Gasteiger partial charge in [0.25, 0.3) is 0 Å². The molecule has 0 aromatic carbocycles. The average molecular weight is 133 g/mol. The van der Waals surface area contributed by atoms with Gasteiger partial charge < -0.3 is 15.2 Å². The van der Waals surface area contributed by atoms with E-state index < -0.39 is 0 Å². The number of aliphatic hydroxyl groups excluding tert-OH is 1. The van der Waals surface area contributed by atoms with Crippen LogP contribution in [-0.4, -0.2) is 38.0 Å². The molecule has 0 aliphatic heterocycles. The molecule has 0 aromatic heterocycles. The molecule has 56 valence electrons. The monoisotopic (exact) mass is 133 g/mol. The lowest BCUT2D eigenvalue weighted by molar-refractivity contribution is 0.0617. The van der Waals surface area contributed by atoms with E-state index in [9.17, 15) is 0 Å². The highest BCUT2D eigenvalue weighted by Gasteiger charge is 2.11. The molecule has 0 heterocycles. The van der Waals surface area contributed by atoms with Gasteiger partial charge in [-0.2, -0.15) is 0 Å². The van der Waals surface area contributed by atoms with E-state index in [2.05, 4.69) is 5.32 Å². The summed E-state index contributed by atoms with van der Waals surface area (Å²) in [5, 5.41) is 11.6. The van der Waals surface area contributed by atoms with Crippen molar-refractivity contribution in [3.8, 4) is 0 Å². The standard InChI is InChI=1S/C6H15NO2/c1-5(9-3)6(4-8)7-2/h5-8H,4H2,1-3H3/t5-,6-/m1/s1. The molecule has 0 aromatic rings. The summed E-state index contributed by atoms with van der Waals surface area (Å²) < 4.78 is 4.97. The van der Waals surface area contributed by atoms with E-state index in [4.69, 9.17) is 9.84 Å². The van der Waals surface area contributed by atoms with Gasteiger partial charge in [0, 0.05) is 7.11 Å². The third-order valence-electron chi connectivity index (χ3n) is 1.51. The molecule has 0 unspecified atom stereocenters.